The van der Waals surface area contributed by atoms with E-state index in [1.807, 2.05) is 18.2 Å². The van der Waals surface area contributed by atoms with E-state index in [9.17, 15) is 10.1 Å². The molecule has 5 nitrogen and oxygen atoms in total. The zero-order chi connectivity index (χ0) is 15.4. The fourth-order valence-corrected chi connectivity index (χ4v) is 2.97. The van der Waals surface area contributed by atoms with Crippen molar-refractivity contribution in [2.75, 3.05) is 5.43 Å². The van der Waals surface area contributed by atoms with E-state index in [1.54, 1.807) is 12.1 Å². The largest absolute Gasteiger partial charge is 0.276 e. The molecule has 0 aliphatic heterocycles. The van der Waals surface area contributed by atoms with Crippen LogP contribution in [-0.4, -0.2) is 9.54 Å². The van der Waals surface area contributed by atoms with Crippen molar-refractivity contribution in [1.29, 1.82) is 0 Å². The minimum Gasteiger partial charge on any atom is -0.276 e. The van der Waals surface area contributed by atoms with Crippen molar-refractivity contribution < 1.29 is 4.92 Å². The highest BCUT2D eigenvalue weighted by Crippen LogP contribution is 2.26. The molecule has 2 aromatic rings. The number of hydrogen-bond donors (Lipinski definition) is 1. The molecule has 0 aliphatic carbocycles. The normalized spacial score (nSPS) is 11.3. The number of nitrogens with zero attached hydrogens (tertiary/aromatic N) is 2. The third-order valence-corrected chi connectivity index (χ3v) is 4.29. The van der Waals surface area contributed by atoms with Crippen LogP contribution >= 0.6 is 47.8 Å². The molecule has 2 rings (SSSR count). The van der Waals surface area contributed by atoms with Crippen LogP contribution in [0.5, 0.6) is 0 Å². The lowest BCUT2D eigenvalue weighted by atomic mass is 10.2. The number of non-ortho nitro benzene ring substituents is 1. The maximum absolute atomic E-state index is 10.8. The van der Waals surface area contributed by atoms with Gasteiger partial charge in [0.05, 0.1) is 10.6 Å². The number of anilines is 1. The molecule has 1 N–H and O–H groups in total. The topological polar surface area (TPSA) is 67.5 Å². The van der Waals surface area contributed by atoms with Gasteiger partial charge in [-0.3, -0.25) is 15.5 Å². The molecule has 0 atom stereocenters. The predicted octanol–water partition coefficient (Wildman–Crippen LogP) is 5.29. The quantitative estimate of drug-likeness (QED) is 0.369. The van der Waals surface area contributed by atoms with Gasteiger partial charge in [0.2, 0.25) is 0 Å². The van der Waals surface area contributed by atoms with Crippen LogP contribution in [0.4, 0.5) is 11.4 Å². The van der Waals surface area contributed by atoms with E-state index in [1.165, 1.54) is 12.1 Å². The van der Waals surface area contributed by atoms with E-state index in [-0.39, 0.29) is 5.69 Å². The van der Waals surface area contributed by atoms with Gasteiger partial charge < -0.3 is 0 Å². The summed E-state index contributed by atoms with van der Waals surface area (Å²) in [6.07, 6.45) is 0. The number of rotatable bonds is 4. The maximum Gasteiger partial charge on any atom is 0.270 e. The second-order valence-electron chi connectivity index (χ2n) is 3.95. The monoisotopic (exact) mass is 475 g/mol. The first-order valence-corrected chi connectivity index (χ1v) is 8.04. The van der Waals surface area contributed by atoms with Crippen LogP contribution in [0.3, 0.4) is 0 Å². The van der Waals surface area contributed by atoms with E-state index < -0.39 is 4.92 Å². The molecule has 0 unspecified atom stereocenters. The van der Waals surface area contributed by atoms with Gasteiger partial charge in [-0.05, 0) is 50.1 Å². The second-order valence-corrected chi connectivity index (χ2v) is 6.47. The van der Waals surface area contributed by atoms with Crippen molar-refractivity contribution in [2.24, 2.45) is 5.10 Å². The number of nitro groups is 1. The number of nitrogens with one attached hydrogen (secondary N) is 1. The van der Waals surface area contributed by atoms with Gasteiger partial charge in [0.25, 0.3) is 5.69 Å². The van der Waals surface area contributed by atoms with Crippen LogP contribution in [0.15, 0.2) is 56.5 Å². The summed E-state index contributed by atoms with van der Waals surface area (Å²) in [4.78, 5) is 10.3. The van der Waals surface area contributed by atoms with Gasteiger partial charge in [-0.25, -0.2) is 0 Å². The first kappa shape index (κ1) is 16.1. The van der Waals surface area contributed by atoms with Crippen molar-refractivity contribution in [3.05, 3.63) is 67.1 Å². The Balaban J connectivity index is 2.21. The van der Waals surface area contributed by atoms with Crippen LogP contribution in [-0.2, 0) is 0 Å². The van der Waals surface area contributed by atoms with Crippen LogP contribution in [0.1, 0.15) is 5.56 Å². The van der Waals surface area contributed by atoms with Gasteiger partial charge in [0.15, 0.2) is 0 Å². The zero-order valence-electron chi connectivity index (χ0n) is 10.4. The summed E-state index contributed by atoms with van der Waals surface area (Å²) in [6, 6.07) is 11.8. The lowest BCUT2D eigenvalue weighted by molar-refractivity contribution is -0.384. The zero-order valence-corrected chi connectivity index (χ0v) is 15.1. The third-order valence-electron chi connectivity index (χ3n) is 2.50. The smallest absolute Gasteiger partial charge is 0.270 e. The first-order chi connectivity index (χ1) is 9.97. The standard InChI is InChI=1S/C13H8Br3N3O2/c14-9-4-5-12(11(15)7-9)17-18-13(16)8-2-1-3-10(6-8)19(20)21/h1-7,17H/b18-13-. The summed E-state index contributed by atoms with van der Waals surface area (Å²) < 4.78 is 2.27. The van der Waals surface area contributed by atoms with Crippen molar-refractivity contribution >= 4 is 63.8 Å². The van der Waals surface area contributed by atoms with Gasteiger partial charge in [0.1, 0.15) is 4.62 Å². The van der Waals surface area contributed by atoms with Crippen LogP contribution in [0, 0.1) is 10.1 Å². The molecule has 21 heavy (non-hydrogen) atoms. The number of benzene rings is 2. The molecule has 0 heterocycles. The van der Waals surface area contributed by atoms with Crippen LogP contribution in [0.25, 0.3) is 0 Å². The fourth-order valence-electron chi connectivity index (χ4n) is 1.50. The summed E-state index contributed by atoms with van der Waals surface area (Å²) in [5.74, 6) is 0. The number of hydrazone groups is 1. The maximum atomic E-state index is 10.8. The fraction of sp³-hybridized carbons (Fsp3) is 0. The van der Waals surface area contributed by atoms with Crippen molar-refractivity contribution in [1.82, 2.24) is 0 Å². The van der Waals surface area contributed by atoms with Crippen molar-refractivity contribution in [3.63, 3.8) is 0 Å². The Morgan fingerprint density at radius 2 is 1.95 bits per heavy atom. The Kier molecular flexibility index (Phi) is 5.49. The molecule has 8 heteroatoms. The molecule has 0 bridgehead atoms. The summed E-state index contributed by atoms with van der Waals surface area (Å²) >= 11 is 10.1. The molecule has 0 aromatic heterocycles. The first-order valence-electron chi connectivity index (χ1n) is 5.66. The summed E-state index contributed by atoms with van der Waals surface area (Å²) in [7, 11) is 0. The van der Waals surface area contributed by atoms with Crippen molar-refractivity contribution in [2.45, 2.75) is 0 Å². The lowest BCUT2D eigenvalue weighted by Gasteiger charge is -2.05. The Labute approximate surface area is 146 Å². The number of nitro benzene ring substituents is 1. The molecular weight excluding hydrogens is 470 g/mol. The van der Waals surface area contributed by atoms with E-state index in [2.05, 4.69) is 58.3 Å². The Hall–Kier alpha value is -1.25. The Morgan fingerprint density at radius 3 is 2.62 bits per heavy atom. The average molecular weight is 478 g/mol. The molecular formula is C13H8Br3N3O2. The SMILES string of the molecule is O=[N+]([O-])c1cccc(/C(Br)=N/Nc2ccc(Br)cc2Br)c1. The highest BCUT2D eigenvalue weighted by molar-refractivity contribution is 9.18. The van der Waals surface area contributed by atoms with E-state index in [0.29, 0.717) is 10.2 Å². The van der Waals surface area contributed by atoms with E-state index in [0.717, 1.165) is 14.6 Å². The number of hydrogen-bond acceptors (Lipinski definition) is 4. The minimum atomic E-state index is -0.442. The molecule has 0 spiro atoms. The highest BCUT2D eigenvalue weighted by Gasteiger charge is 2.08. The van der Waals surface area contributed by atoms with Gasteiger partial charge in [-0.15, -0.1) is 0 Å². The van der Waals surface area contributed by atoms with Crippen LogP contribution < -0.4 is 5.43 Å². The minimum absolute atomic E-state index is 0.0180. The molecule has 0 aliphatic rings. The lowest BCUT2D eigenvalue weighted by Crippen LogP contribution is -1.98. The van der Waals surface area contributed by atoms with Gasteiger partial charge in [-0.1, -0.05) is 28.1 Å². The summed E-state index contributed by atoms with van der Waals surface area (Å²) in [5, 5.41) is 14.9. The van der Waals surface area contributed by atoms with Gasteiger partial charge >= 0.3 is 0 Å². The Bertz CT molecular complexity index is 720. The molecule has 0 amide bonds. The molecule has 108 valence electrons. The van der Waals surface area contributed by atoms with Gasteiger partial charge in [-0.2, -0.15) is 5.10 Å². The summed E-state index contributed by atoms with van der Waals surface area (Å²) in [5.41, 5.74) is 4.30. The average Bonchev–Trinajstić information content (AvgIpc) is 2.46. The van der Waals surface area contributed by atoms with Crippen LogP contribution in [0.2, 0.25) is 0 Å². The third kappa shape index (κ3) is 4.36. The van der Waals surface area contributed by atoms with Gasteiger partial charge in [0, 0.05) is 26.6 Å². The molecule has 0 radical (unpaired) electrons. The molecule has 0 fully saturated rings. The predicted molar refractivity (Wildman–Crippen MR) is 94.0 cm³/mol. The highest BCUT2D eigenvalue weighted by atomic mass is 79.9. The molecule has 2 aromatic carbocycles. The second kappa shape index (κ2) is 7.15. The molecule has 0 saturated heterocycles. The summed E-state index contributed by atoms with van der Waals surface area (Å²) in [6.45, 7) is 0. The van der Waals surface area contributed by atoms with Crippen molar-refractivity contribution in [3.8, 4) is 0 Å². The van der Waals surface area contributed by atoms with E-state index in [4.69, 9.17) is 0 Å². The van der Waals surface area contributed by atoms with E-state index >= 15 is 0 Å². The number of halogens is 3. The Morgan fingerprint density at radius 1 is 1.19 bits per heavy atom. The molecule has 0 saturated carbocycles.